The highest BCUT2D eigenvalue weighted by molar-refractivity contribution is 4.83. The third-order valence-corrected chi connectivity index (χ3v) is 4.42. The minimum Gasteiger partial charge on any atom is -0.373 e. The van der Waals surface area contributed by atoms with Gasteiger partial charge in [-0.1, -0.05) is 39.5 Å². The van der Waals surface area contributed by atoms with Gasteiger partial charge in [0.25, 0.3) is 0 Å². The van der Waals surface area contributed by atoms with E-state index in [2.05, 4.69) is 19.2 Å². The van der Waals surface area contributed by atoms with Crippen molar-refractivity contribution in [1.82, 2.24) is 5.32 Å². The van der Waals surface area contributed by atoms with Gasteiger partial charge in [0.1, 0.15) is 0 Å². The Labute approximate surface area is 107 Å². The normalized spacial score (nSPS) is 39.2. The molecule has 2 fully saturated rings. The molecule has 100 valence electrons. The lowest BCUT2D eigenvalue weighted by atomic mass is 9.87. The maximum atomic E-state index is 6.41. The van der Waals surface area contributed by atoms with Crippen molar-refractivity contribution in [2.75, 3.05) is 6.54 Å². The molecule has 2 rings (SSSR count). The molecule has 0 aliphatic heterocycles. The van der Waals surface area contributed by atoms with E-state index >= 15 is 0 Å². The lowest BCUT2D eigenvalue weighted by Gasteiger charge is -2.37. The number of hydrogen-bond acceptors (Lipinski definition) is 2. The molecule has 2 nitrogen and oxygen atoms in total. The van der Waals surface area contributed by atoms with Crippen molar-refractivity contribution in [3.8, 4) is 0 Å². The van der Waals surface area contributed by atoms with Crippen LogP contribution in [0.15, 0.2) is 0 Å². The Morgan fingerprint density at radius 1 is 1.06 bits per heavy atom. The van der Waals surface area contributed by atoms with Gasteiger partial charge in [0, 0.05) is 6.04 Å². The fourth-order valence-electron chi connectivity index (χ4n) is 3.50. The van der Waals surface area contributed by atoms with Gasteiger partial charge in [-0.25, -0.2) is 0 Å². The maximum absolute atomic E-state index is 6.41. The van der Waals surface area contributed by atoms with E-state index < -0.39 is 0 Å². The zero-order chi connectivity index (χ0) is 12.1. The zero-order valence-corrected chi connectivity index (χ0v) is 11.6. The summed E-state index contributed by atoms with van der Waals surface area (Å²) in [6.45, 7) is 5.65. The van der Waals surface area contributed by atoms with Crippen LogP contribution in [0, 0.1) is 5.92 Å². The molecular formula is C15H29NO. The van der Waals surface area contributed by atoms with Crippen molar-refractivity contribution < 1.29 is 4.74 Å². The molecule has 4 unspecified atom stereocenters. The molecule has 0 radical (unpaired) electrons. The summed E-state index contributed by atoms with van der Waals surface area (Å²) in [5.41, 5.74) is 0. The average molecular weight is 239 g/mol. The van der Waals surface area contributed by atoms with Crippen LogP contribution in [0.3, 0.4) is 0 Å². The van der Waals surface area contributed by atoms with Gasteiger partial charge >= 0.3 is 0 Å². The second-order valence-electron chi connectivity index (χ2n) is 6.02. The second kappa shape index (κ2) is 6.75. The SMILES string of the molecule is CCNC1CCCCC1OC1CCCC(C)C1. The molecule has 0 heterocycles. The average Bonchev–Trinajstić information content (AvgIpc) is 2.32. The van der Waals surface area contributed by atoms with Gasteiger partial charge in [-0.2, -0.15) is 0 Å². The van der Waals surface area contributed by atoms with Crippen LogP contribution in [0.25, 0.3) is 0 Å². The molecule has 1 N–H and O–H groups in total. The molecule has 0 aromatic heterocycles. The molecule has 17 heavy (non-hydrogen) atoms. The molecule has 2 aliphatic carbocycles. The van der Waals surface area contributed by atoms with E-state index in [1.54, 1.807) is 0 Å². The number of rotatable bonds is 4. The van der Waals surface area contributed by atoms with Crippen molar-refractivity contribution in [2.45, 2.75) is 83.5 Å². The maximum Gasteiger partial charge on any atom is 0.0731 e. The van der Waals surface area contributed by atoms with E-state index in [1.807, 2.05) is 0 Å². The molecule has 0 aromatic rings. The van der Waals surface area contributed by atoms with Crippen LogP contribution in [-0.4, -0.2) is 24.8 Å². The van der Waals surface area contributed by atoms with E-state index in [0.717, 1.165) is 12.5 Å². The van der Waals surface area contributed by atoms with Crippen LogP contribution >= 0.6 is 0 Å². The lowest BCUT2D eigenvalue weighted by Crippen LogP contribution is -2.45. The smallest absolute Gasteiger partial charge is 0.0731 e. The zero-order valence-electron chi connectivity index (χ0n) is 11.6. The first-order chi connectivity index (χ1) is 8.29. The Hall–Kier alpha value is -0.0800. The summed E-state index contributed by atoms with van der Waals surface area (Å²) in [5.74, 6) is 0.870. The Bertz CT molecular complexity index is 217. The summed E-state index contributed by atoms with van der Waals surface area (Å²) < 4.78 is 6.41. The molecule has 0 amide bonds. The fraction of sp³-hybridized carbons (Fsp3) is 1.00. The Balaban J connectivity index is 1.82. The van der Waals surface area contributed by atoms with E-state index in [-0.39, 0.29) is 0 Å². The van der Waals surface area contributed by atoms with Crippen LogP contribution in [0.2, 0.25) is 0 Å². The van der Waals surface area contributed by atoms with Gasteiger partial charge in [0.15, 0.2) is 0 Å². The van der Waals surface area contributed by atoms with Crippen LogP contribution in [0.4, 0.5) is 0 Å². The van der Waals surface area contributed by atoms with Crippen molar-refractivity contribution >= 4 is 0 Å². The second-order valence-corrected chi connectivity index (χ2v) is 6.02. The van der Waals surface area contributed by atoms with Crippen LogP contribution < -0.4 is 5.32 Å². The van der Waals surface area contributed by atoms with Gasteiger partial charge in [0.2, 0.25) is 0 Å². The summed E-state index contributed by atoms with van der Waals surface area (Å²) in [6.07, 6.45) is 11.7. The Morgan fingerprint density at radius 3 is 2.65 bits per heavy atom. The van der Waals surface area contributed by atoms with E-state index in [4.69, 9.17) is 4.74 Å². The number of likely N-dealkylation sites (N-methyl/N-ethyl adjacent to an activating group) is 1. The number of ether oxygens (including phenoxy) is 1. The molecule has 4 atom stereocenters. The van der Waals surface area contributed by atoms with Crippen molar-refractivity contribution in [3.63, 3.8) is 0 Å². The first-order valence-corrected chi connectivity index (χ1v) is 7.68. The molecule has 0 aromatic carbocycles. The highest BCUT2D eigenvalue weighted by Crippen LogP contribution is 2.30. The third kappa shape index (κ3) is 3.96. The summed E-state index contributed by atoms with van der Waals surface area (Å²) in [7, 11) is 0. The summed E-state index contributed by atoms with van der Waals surface area (Å²) in [4.78, 5) is 0. The first kappa shape index (κ1) is 13.4. The predicted molar refractivity (Wildman–Crippen MR) is 72.2 cm³/mol. The Morgan fingerprint density at radius 2 is 1.88 bits per heavy atom. The fourth-order valence-corrected chi connectivity index (χ4v) is 3.50. The molecule has 2 heteroatoms. The highest BCUT2D eigenvalue weighted by Gasteiger charge is 2.29. The van der Waals surface area contributed by atoms with E-state index in [0.29, 0.717) is 18.2 Å². The third-order valence-electron chi connectivity index (χ3n) is 4.42. The molecule has 2 aliphatic rings. The topological polar surface area (TPSA) is 21.3 Å². The van der Waals surface area contributed by atoms with Crippen LogP contribution in [0.1, 0.15) is 65.2 Å². The van der Waals surface area contributed by atoms with Crippen molar-refractivity contribution in [1.29, 1.82) is 0 Å². The minimum absolute atomic E-state index is 0.485. The van der Waals surface area contributed by atoms with Crippen LogP contribution in [-0.2, 0) is 4.74 Å². The van der Waals surface area contributed by atoms with Gasteiger partial charge < -0.3 is 10.1 Å². The molecule has 0 spiro atoms. The van der Waals surface area contributed by atoms with Gasteiger partial charge in [-0.05, 0) is 38.1 Å². The largest absolute Gasteiger partial charge is 0.373 e. The lowest BCUT2D eigenvalue weighted by molar-refractivity contribution is -0.0668. The quantitative estimate of drug-likeness (QED) is 0.810. The molecular weight excluding hydrogens is 210 g/mol. The predicted octanol–water partition coefficient (Wildman–Crippen LogP) is 3.50. The van der Waals surface area contributed by atoms with Gasteiger partial charge in [0.05, 0.1) is 12.2 Å². The molecule has 0 saturated heterocycles. The van der Waals surface area contributed by atoms with E-state index in [9.17, 15) is 0 Å². The monoisotopic (exact) mass is 239 g/mol. The Kier molecular flexibility index (Phi) is 5.30. The molecule has 2 saturated carbocycles. The number of nitrogens with one attached hydrogen (secondary N) is 1. The summed E-state index contributed by atoms with van der Waals surface area (Å²) in [5, 5.41) is 3.61. The summed E-state index contributed by atoms with van der Waals surface area (Å²) in [6, 6.07) is 0.617. The van der Waals surface area contributed by atoms with Gasteiger partial charge in [-0.3, -0.25) is 0 Å². The van der Waals surface area contributed by atoms with Crippen molar-refractivity contribution in [2.24, 2.45) is 5.92 Å². The van der Waals surface area contributed by atoms with Gasteiger partial charge in [-0.15, -0.1) is 0 Å². The van der Waals surface area contributed by atoms with Crippen LogP contribution in [0.5, 0.6) is 0 Å². The standard InChI is InChI=1S/C15H29NO/c1-3-16-14-9-4-5-10-15(14)17-13-8-6-7-12(2)11-13/h12-16H,3-11H2,1-2H3. The first-order valence-electron chi connectivity index (χ1n) is 7.68. The summed E-state index contributed by atoms with van der Waals surface area (Å²) >= 11 is 0. The molecule has 0 bridgehead atoms. The number of hydrogen-bond donors (Lipinski definition) is 1. The van der Waals surface area contributed by atoms with E-state index in [1.165, 1.54) is 51.4 Å². The van der Waals surface area contributed by atoms with Crippen molar-refractivity contribution in [3.05, 3.63) is 0 Å². The minimum atomic E-state index is 0.485. The highest BCUT2D eigenvalue weighted by atomic mass is 16.5.